The van der Waals surface area contributed by atoms with E-state index in [0.29, 0.717) is 47.9 Å². The lowest BCUT2D eigenvalue weighted by atomic mass is 10.1. The standard InChI is InChI=1S/C25H26N6O3/c26-15-21-22(30-31(24(21)27)19-7-2-1-3-8-19)10-5-13-28-23(32)16-34-20-9-4-6-18(14-20)29-25(33)17-11-12-17/h1-4,6-9,14,17H,5,10-13,16,27H2,(H,28,32)(H,29,33). The van der Waals surface area contributed by atoms with Gasteiger partial charge in [0.2, 0.25) is 5.91 Å². The van der Waals surface area contributed by atoms with Crippen LogP contribution in [0.1, 0.15) is 30.5 Å². The van der Waals surface area contributed by atoms with Gasteiger partial charge in [-0.2, -0.15) is 10.4 Å². The molecule has 2 aromatic carbocycles. The summed E-state index contributed by atoms with van der Waals surface area (Å²) >= 11 is 0. The van der Waals surface area contributed by atoms with Gasteiger partial charge in [0.1, 0.15) is 23.2 Å². The third kappa shape index (κ3) is 5.72. The molecule has 3 aromatic rings. The van der Waals surface area contributed by atoms with Gasteiger partial charge in [-0.25, -0.2) is 4.68 Å². The average molecular weight is 459 g/mol. The van der Waals surface area contributed by atoms with E-state index in [2.05, 4.69) is 21.8 Å². The summed E-state index contributed by atoms with van der Waals surface area (Å²) in [7, 11) is 0. The number of amides is 2. The molecule has 1 aliphatic carbocycles. The van der Waals surface area contributed by atoms with Crippen LogP contribution in [0.2, 0.25) is 0 Å². The summed E-state index contributed by atoms with van der Waals surface area (Å²) in [6, 6.07) is 18.5. The molecule has 0 radical (unpaired) electrons. The Morgan fingerprint density at radius 2 is 1.97 bits per heavy atom. The number of nitriles is 1. The van der Waals surface area contributed by atoms with Crippen LogP contribution < -0.4 is 21.1 Å². The minimum Gasteiger partial charge on any atom is -0.484 e. The summed E-state index contributed by atoms with van der Waals surface area (Å²) in [5.41, 5.74) is 8.50. The summed E-state index contributed by atoms with van der Waals surface area (Å²) < 4.78 is 7.10. The summed E-state index contributed by atoms with van der Waals surface area (Å²) in [6.07, 6.45) is 2.95. The monoisotopic (exact) mass is 458 g/mol. The van der Waals surface area contributed by atoms with E-state index in [0.717, 1.165) is 18.5 Å². The fourth-order valence-corrected chi connectivity index (χ4v) is 3.48. The summed E-state index contributed by atoms with van der Waals surface area (Å²) in [5, 5.41) is 19.6. The molecule has 2 amide bonds. The van der Waals surface area contributed by atoms with Crippen LogP contribution in [-0.4, -0.2) is 34.7 Å². The second-order valence-electron chi connectivity index (χ2n) is 8.10. The Labute approximate surface area is 197 Å². The topological polar surface area (TPSA) is 135 Å². The molecule has 4 N–H and O–H groups in total. The van der Waals surface area contributed by atoms with Crippen LogP contribution in [0.25, 0.3) is 5.69 Å². The highest BCUT2D eigenvalue weighted by Crippen LogP contribution is 2.30. The van der Waals surface area contributed by atoms with Crippen molar-refractivity contribution in [2.24, 2.45) is 5.92 Å². The molecular weight excluding hydrogens is 432 g/mol. The van der Waals surface area contributed by atoms with Gasteiger partial charge >= 0.3 is 0 Å². The molecule has 0 atom stereocenters. The number of nitrogens with two attached hydrogens (primary N) is 1. The number of carbonyl (C=O) groups excluding carboxylic acids is 2. The van der Waals surface area contributed by atoms with Crippen molar-refractivity contribution in [1.29, 1.82) is 5.26 Å². The van der Waals surface area contributed by atoms with Gasteiger partial charge in [0.25, 0.3) is 5.91 Å². The Hall–Kier alpha value is -4.32. The molecule has 0 spiro atoms. The molecule has 1 heterocycles. The molecule has 9 heteroatoms. The maximum atomic E-state index is 12.2. The number of nitrogens with zero attached hydrogens (tertiary/aromatic N) is 3. The third-order valence-electron chi connectivity index (χ3n) is 5.44. The number of benzene rings is 2. The van der Waals surface area contributed by atoms with Crippen LogP contribution in [0.4, 0.5) is 11.5 Å². The van der Waals surface area contributed by atoms with Crippen molar-refractivity contribution < 1.29 is 14.3 Å². The quantitative estimate of drug-likeness (QED) is 0.400. The van der Waals surface area contributed by atoms with E-state index in [-0.39, 0.29) is 24.3 Å². The van der Waals surface area contributed by atoms with Crippen LogP contribution in [-0.2, 0) is 16.0 Å². The molecule has 4 rings (SSSR count). The van der Waals surface area contributed by atoms with E-state index in [1.54, 1.807) is 28.9 Å². The number of aromatic nitrogens is 2. The Kier molecular flexibility index (Phi) is 7.08. The molecule has 174 valence electrons. The van der Waals surface area contributed by atoms with E-state index in [9.17, 15) is 14.9 Å². The van der Waals surface area contributed by atoms with E-state index >= 15 is 0 Å². The SMILES string of the molecule is N#Cc1c(CCCNC(=O)COc2cccc(NC(=O)C3CC3)c2)nn(-c2ccccc2)c1N. The summed E-state index contributed by atoms with van der Waals surface area (Å²) in [5.74, 6) is 0.677. The van der Waals surface area contributed by atoms with E-state index < -0.39 is 0 Å². The van der Waals surface area contributed by atoms with Gasteiger partial charge in [-0.3, -0.25) is 9.59 Å². The number of anilines is 2. The Balaban J connectivity index is 1.23. The van der Waals surface area contributed by atoms with Gasteiger partial charge < -0.3 is 21.1 Å². The largest absolute Gasteiger partial charge is 0.484 e. The highest BCUT2D eigenvalue weighted by Gasteiger charge is 2.29. The zero-order valence-corrected chi connectivity index (χ0v) is 18.7. The minimum absolute atomic E-state index is 0.0183. The Morgan fingerprint density at radius 1 is 1.18 bits per heavy atom. The lowest BCUT2D eigenvalue weighted by Crippen LogP contribution is -2.30. The first kappa shape index (κ1) is 22.9. The fourth-order valence-electron chi connectivity index (χ4n) is 3.48. The number of hydrogen-bond acceptors (Lipinski definition) is 6. The highest BCUT2D eigenvalue weighted by molar-refractivity contribution is 5.94. The second kappa shape index (κ2) is 10.5. The number of nitrogen functional groups attached to an aromatic ring is 1. The smallest absolute Gasteiger partial charge is 0.257 e. The maximum absolute atomic E-state index is 12.2. The Morgan fingerprint density at radius 3 is 2.71 bits per heavy atom. The molecule has 34 heavy (non-hydrogen) atoms. The molecule has 0 bridgehead atoms. The van der Waals surface area contributed by atoms with Gasteiger partial charge in [0.15, 0.2) is 6.61 Å². The zero-order valence-electron chi connectivity index (χ0n) is 18.7. The summed E-state index contributed by atoms with van der Waals surface area (Å²) in [4.78, 5) is 24.0. The number of carbonyl (C=O) groups is 2. The molecular formula is C25H26N6O3. The number of para-hydroxylation sites is 1. The molecule has 0 aliphatic heterocycles. The van der Waals surface area contributed by atoms with Crippen molar-refractivity contribution in [3.8, 4) is 17.5 Å². The summed E-state index contributed by atoms with van der Waals surface area (Å²) in [6.45, 7) is 0.266. The van der Waals surface area contributed by atoms with Gasteiger partial charge in [-0.1, -0.05) is 24.3 Å². The molecule has 1 aromatic heterocycles. The maximum Gasteiger partial charge on any atom is 0.257 e. The molecule has 0 saturated heterocycles. The first-order valence-corrected chi connectivity index (χ1v) is 11.2. The van der Waals surface area contributed by atoms with Crippen molar-refractivity contribution in [3.05, 3.63) is 65.9 Å². The van der Waals surface area contributed by atoms with Crippen molar-refractivity contribution in [3.63, 3.8) is 0 Å². The number of rotatable bonds is 10. The van der Waals surface area contributed by atoms with Crippen molar-refractivity contribution >= 4 is 23.3 Å². The van der Waals surface area contributed by atoms with Crippen LogP contribution in [0.3, 0.4) is 0 Å². The predicted octanol–water partition coefficient (Wildman–Crippen LogP) is 2.80. The lowest BCUT2D eigenvalue weighted by molar-refractivity contribution is -0.123. The van der Waals surface area contributed by atoms with Crippen molar-refractivity contribution in [2.45, 2.75) is 25.7 Å². The fraction of sp³-hybridized carbons (Fsp3) is 0.280. The van der Waals surface area contributed by atoms with Crippen LogP contribution in [0, 0.1) is 17.2 Å². The van der Waals surface area contributed by atoms with Crippen molar-refractivity contribution in [1.82, 2.24) is 15.1 Å². The molecule has 1 fully saturated rings. The Bertz CT molecular complexity index is 1210. The van der Waals surface area contributed by atoms with E-state index in [4.69, 9.17) is 10.5 Å². The predicted molar refractivity (Wildman–Crippen MR) is 127 cm³/mol. The van der Waals surface area contributed by atoms with Gasteiger partial charge in [0.05, 0.1) is 11.4 Å². The number of ether oxygens (including phenoxy) is 1. The van der Waals surface area contributed by atoms with Crippen LogP contribution in [0.5, 0.6) is 5.75 Å². The van der Waals surface area contributed by atoms with E-state index in [1.165, 1.54) is 0 Å². The minimum atomic E-state index is -0.262. The molecule has 9 nitrogen and oxygen atoms in total. The number of nitrogens with one attached hydrogen (secondary N) is 2. The first-order chi connectivity index (χ1) is 16.5. The second-order valence-corrected chi connectivity index (χ2v) is 8.10. The molecule has 1 aliphatic rings. The first-order valence-electron chi connectivity index (χ1n) is 11.2. The van der Waals surface area contributed by atoms with Crippen molar-refractivity contribution in [2.75, 3.05) is 24.2 Å². The molecule has 0 unspecified atom stereocenters. The normalized spacial score (nSPS) is 12.6. The van der Waals surface area contributed by atoms with Gasteiger partial charge in [-0.05, 0) is 49.9 Å². The third-order valence-corrected chi connectivity index (χ3v) is 5.44. The van der Waals surface area contributed by atoms with Crippen LogP contribution in [0.15, 0.2) is 54.6 Å². The zero-order chi connectivity index (χ0) is 23.9. The van der Waals surface area contributed by atoms with Crippen LogP contribution >= 0.6 is 0 Å². The van der Waals surface area contributed by atoms with Gasteiger partial charge in [0, 0.05) is 24.2 Å². The molecule has 1 saturated carbocycles. The lowest BCUT2D eigenvalue weighted by Gasteiger charge is -2.09. The van der Waals surface area contributed by atoms with Gasteiger partial charge in [-0.15, -0.1) is 0 Å². The number of aryl methyl sites for hydroxylation is 1. The average Bonchev–Trinajstić information content (AvgIpc) is 3.65. The van der Waals surface area contributed by atoms with E-state index in [1.807, 2.05) is 30.3 Å². The number of hydrogen-bond donors (Lipinski definition) is 3. The highest BCUT2D eigenvalue weighted by atomic mass is 16.5.